The molecule has 2 aromatic rings. The van der Waals surface area contributed by atoms with Gasteiger partial charge in [0.25, 0.3) is 0 Å². The topological polar surface area (TPSA) is 58.1 Å². The summed E-state index contributed by atoms with van der Waals surface area (Å²) in [7, 11) is 0. The van der Waals surface area contributed by atoms with E-state index in [4.69, 9.17) is 0 Å². The molecule has 1 N–H and O–H groups in total. The number of para-hydroxylation sites is 1. The number of benzene rings is 1. The lowest BCUT2D eigenvalue weighted by Crippen LogP contribution is -2.24. The zero-order valence-corrected chi connectivity index (χ0v) is 13.6. The monoisotopic (exact) mass is 310 g/mol. The van der Waals surface area contributed by atoms with Gasteiger partial charge in [0.15, 0.2) is 0 Å². The van der Waals surface area contributed by atoms with Gasteiger partial charge < -0.3 is 10.2 Å². The molecule has 5 heteroatoms. The number of amides is 1. The number of hydrogen-bond acceptors (Lipinski definition) is 4. The third-order valence-corrected chi connectivity index (χ3v) is 3.89. The molecular formula is C18H22N4O. The van der Waals surface area contributed by atoms with E-state index >= 15 is 0 Å². The summed E-state index contributed by atoms with van der Waals surface area (Å²) in [5.74, 6) is 2.08. The second-order valence-electron chi connectivity index (χ2n) is 6.27. The fourth-order valence-electron chi connectivity index (χ4n) is 2.91. The van der Waals surface area contributed by atoms with Crippen LogP contribution >= 0.6 is 0 Å². The fourth-order valence-corrected chi connectivity index (χ4v) is 2.91. The summed E-state index contributed by atoms with van der Waals surface area (Å²) < 4.78 is 0. The third kappa shape index (κ3) is 3.86. The maximum absolute atomic E-state index is 12.3. The predicted octanol–water partition coefficient (Wildman–Crippen LogP) is 2.89. The van der Waals surface area contributed by atoms with Gasteiger partial charge in [-0.15, -0.1) is 0 Å². The van der Waals surface area contributed by atoms with Gasteiger partial charge in [0.1, 0.15) is 11.6 Å². The van der Waals surface area contributed by atoms with Gasteiger partial charge in [-0.25, -0.2) is 9.97 Å². The van der Waals surface area contributed by atoms with Crippen LogP contribution in [0.2, 0.25) is 0 Å². The lowest BCUT2D eigenvalue weighted by molar-refractivity contribution is -0.117. The maximum atomic E-state index is 12.3. The van der Waals surface area contributed by atoms with Crippen molar-refractivity contribution in [2.45, 2.75) is 32.7 Å². The van der Waals surface area contributed by atoms with Crippen molar-refractivity contribution >= 4 is 17.4 Å². The second-order valence-corrected chi connectivity index (χ2v) is 6.27. The largest absolute Gasteiger partial charge is 0.368 e. The minimum Gasteiger partial charge on any atom is -0.368 e. The highest BCUT2D eigenvalue weighted by molar-refractivity contribution is 5.95. The smallest absolute Gasteiger partial charge is 0.227 e. The van der Waals surface area contributed by atoms with Crippen molar-refractivity contribution in [3.63, 3.8) is 0 Å². The van der Waals surface area contributed by atoms with E-state index in [0.717, 1.165) is 30.3 Å². The Labute approximate surface area is 136 Å². The Morgan fingerprint density at radius 3 is 2.78 bits per heavy atom. The Kier molecular flexibility index (Phi) is 4.55. The first-order valence-corrected chi connectivity index (χ1v) is 8.05. The van der Waals surface area contributed by atoms with Crippen LogP contribution in [0.5, 0.6) is 0 Å². The van der Waals surface area contributed by atoms with E-state index in [1.54, 1.807) is 6.20 Å². The summed E-state index contributed by atoms with van der Waals surface area (Å²) in [6.07, 6.45) is 3.06. The molecule has 3 rings (SSSR count). The van der Waals surface area contributed by atoms with Gasteiger partial charge in [-0.1, -0.05) is 18.2 Å². The van der Waals surface area contributed by atoms with E-state index in [9.17, 15) is 4.79 Å². The number of nitrogens with zero attached hydrogens (tertiary/aromatic N) is 3. The molecule has 0 saturated carbocycles. The molecule has 0 radical (unpaired) electrons. The lowest BCUT2D eigenvalue weighted by Gasteiger charge is -2.16. The van der Waals surface area contributed by atoms with Gasteiger partial charge in [-0.05, 0) is 38.0 Å². The van der Waals surface area contributed by atoms with Gasteiger partial charge in [-0.3, -0.25) is 4.79 Å². The Morgan fingerprint density at radius 1 is 1.26 bits per heavy atom. The summed E-state index contributed by atoms with van der Waals surface area (Å²) in [5.41, 5.74) is 0.969. The van der Waals surface area contributed by atoms with E-state index in [-0.39, 0.29) is 11.8 Å². The van der Waals surface area contributed by atoms with Crippen molar-refractivity contribution in [2.75, 3.05) is 16.8 Å². The number of hydrogen-bond donors (Lipinski definition) is 1. The van der Waals surface area contributed by atoms with E-state index in [0.29, 0.717) is 12.5 Å². The highest BCUT2D eigenvalue weighted by Gasteiger charge is 2.31. The average molecular weight is 310 g/mol. The molecule has 1 aromatic carbocycles. The molecule has 1 fully saturated rings. The molecule has 1 aromatic heterocycles. The Bertz CT molecular complexity index is 672. The number of carbonyl (C=O) groups is 1. The van der Waals surface area contributed by atoms with Crippen LogP contribution in [0.25, 0.3) is 0 Å². The van der Waals surface area contributed by atoms with Gasteiger partial charge in [0, 0.05) is 37.3 Å². The van der Waals surface area contributed by atoms with Crippen LogP contribution in [-0.2, 0) is 11.2 Å². The third-order valence-electron chi connectivity index (χ3n) is 3.89. The SMILES string of the molecule is CC(C)Nc1ccnc(CC2CC(=O)N(c3ccccc3)C2)n1. The molecule has 1 unspecified atom stereocenters. The Balaban J connectivity index is 1.67. The van der Waals surface area contributed by atoms with Crippen LogP contribution in [0.1, 0.15) is 26.1 Å². The summed E-state index contributed by atoms with van der Waals surface area (Å²) in [4.78, 5) is 23.0. The summed E-state index contributed by atoms with van der Waals surface area (Å²) in [6.45, 7) is 4.89. The zero-order chi connectivity index (χ0) is 16.2. The highest BCUT2D eigenvalue weighted by Crippen LogP contribution is 2.26. The van der Waals surface area contributed by atoms with Gasteiger partial charge in [-0.2, -0.15) is 0 Å². The highest BCUT2D eigenvalue weighted by atomic mass is 16.2. The van der Waals surface area contributed by atoms with E-state index in [2.05, 4.69) is 29.1 Å². The first kappa shape index (κ1) is 15.5. The minimum absolute atomic E-state index is 0.178. The summed E-state index contributed by atoms with van der Waals surface area (Å²) in [5, 5.41) is 3.28. The number of rotatable bonds is 5. The van der Waals surface area contributed by atoms with Crippen LogP contribution in [0.15, 0.2) is 42.6 Å². The fraction of sp³-hybridized carbons (Fsp3) is 0.389. The normalized spacial score (nSPS) is 17.8. The molecule has 0 bridgehead atoms. The van der Waals surface area contributed by atoms with Crippen molar-refractivity contribution < 1.29 is 4.79 Å². The Hall–Kier alpha value is -2.43. The Morgan fingerprint density at radius 2 is 2.04 bits per heavy atom. The molecular weight excluding hydrogens is 288 g/mol. The minimum atomic E-state index is 0.178. The van der Waals surface area contributed by atoms with Crippen LogP contribution in [0, 0.1) is 5.92 Å². The molecule has 1 atom stereocenters. The molecule has 2 heterocycles. The predicted molar refractivity (Wildman–Crippen MR) is 91.4 cm³/mol. The van der Waals surface area contributed by atoms with Gasteiger partial charge >= 0.3 is 0 Å². The first-order valence-electron chi connectivity index (χ1n) is 8.05. The summed E-state index contributed by atoms with van der Waals surface area (Å²) in [6, 6.07) is 12.0. The molecule has 120 valence electrons. The van der Waals surface area contributed by atoms with Crippen LogP contribution in [0.3, 0.4) is 0 Å². The van der Waals surface area contributed by atoms with E-state index in [1.165, 1.54) is 0 Å². The number of anilines is 2. The lowest BCUT2D eigenvalue weighted by atomic mass is 10.0. The zero-order valence-electron chi connectivity index (χ0n) is 13.6. The molecule has 0 spiro atoms. The number of nitrogens with one attached hydrogen (secondary N) is 1. The average Bonchev–Trinajstić information content (AvgIpc) is 2.88. The van der Waals surface area contributed by atoms with Crippen LogP contribution in [0.4, 0.5) is 11.5 Å². The van der Waals surface area contributed by atoms with Crippen LogP contribution < -0.4 is 10.2 Å². The van der Waals surface area contributed by atoms with Crippen molar-refractivity contribution in [2.24, 2.45) is 5.92 Å². The van der Waals surface area contributed by atoms with Crippen molar-refractivity contribution in [3.8, 4) is 0 Å². The van der Waals surface area contributed by atoms with E-state index < -0.39 is 0 Å². The molecule has 23 heavy (non-hydrogen) atoms. The van der Waals surface area contributed by atoms with Crippen molar-refractivity contribution in [1.29, 1.82) is 0 Å². The first-order chi connectivity index (χ1) is 11.1. The second kappa shape index (κ2) is 6.77. The van der Waals surface area contributed by atoms with Gasteiger partial charge in [0.2, 0.25) is 5.91 Å². The van der Waals surface area contributed by atoms with Crippen molar-refractivity contribution in [1.82, 2.24) is 9.97 Å². The molecule has 0 aliphatic carbocycles. The molecule has 1 aliphatic rings. The van der Waals surface area contributed by atoms with E-state index in [1.807, 2.05) is 41.3 Å². The number of aromatic nitrogens is 2. The maximum Gasteiger partial charge on any atom is 0.227 e. The number of carbonyl (C=O) groups excluding carboxylic acids is 1. The van der Waals surface area contributed by atoms with Crippen molar-refractivity contribution in [3.05, 3.63) is 48.4 Å². The standard InChI is InChI=1S/C18H22N4O/c1-13(2)20-16-8-9-19-17(21-16)10-14-11-18(23)22(12-14)15-6-4-3-5-7-15/h3-9,13-14H,10-12H2,1-2H3,(H,19,20,21). The van der Waals surface area contributed by atoms with Crippen LogP contribution in [-0.4, -0.2) is 28.5 Å². The molecule has 5 nitrogen and oxygen atoms in total. The van der Waals surface area contributed by atoms with Gasteiger partial charge in [0.05, 0.1) is 0 Å². The summed E-state index contributed by atoms with van der Waals surface area (Å²) >= 11 is 0. The molecule has 1 aliphatic heterocycles. The quantitative estimate of drug-likeness (QED) is 0.922. The molecule has 1 amide bonds. The molecule has 1 saturated heterocycles.